The van der Waals surface area contributed by atoms with Crippen molar-refractivity contribution >= 4 is 29.1 Å². The molecule has 29 heavy (non-hydrogen) atoms. The van der Waals surface area contributed by atoms with E-state index in [1.165, 1.54) is 11.8 Å². The minimum Gasteiger partial charge on any atom is -0.493 e. The number of thiazole rings is 1. The fraction of sp³-hybridized carbons (Fsp3) is 0.238. The number of carboxylic acids is 1. The Kier molecular flexibility index (Phi) is 5.38. The van der Waals surface area contributed by atoms with Gasteiger partial charge in [0.05, 0.1) is 30.4 Å². The molecule has 6 nitrogen and oxygen atoms in total. The number of ether oxygens (including phenoxy) is 2. The number of fused-ring (bicyclic) bond motifs is 1. The molecule has 0 saturated heterocycles. The van der Waals surface area contributed by atoms with Crippen molar-refractivity contribution in [3.63, 3.8) is 0 Å². The Bertz CT molecular complexity index is 1090. The maximum absolute atomic E-state index is 12.5. The predicted octanol–water partition coefficient (Wildman–Crippen LogP) is 4.13. The van der Waals surface area contributed by atoms with Crippen molar-refractivity contribution in [1.82, 2.24) is 4.98 Å². The highest BCUT2D eigenvalue weighted by Gasteiger charge is 2.45. The fourth-order valence-corrected chi connectivity index (χ4v) is 6.35. The van der Waals surface area contributed by atoms with Crippen LogP contribution in [0, 0.1) is 5.92 Å². The third-order valence-electron chi connectivity index (χ3n) is 5.03. The topological polar surface area (TPSA) is 88.6 Å². The van der Waals surface area contributed by atoms with Gasteiger partial charge in [-0.25, -0.2) is 0 Å². The average molecular weight is 430 g/mol. The molecule has 0 saturated carbocycles. The van der Waals surface area contributed by atoms with Crippen molar-refractivity contribution in [2.45, 2.75) is 16.2 Å². The molecule has 1 aromatic heterocycles. The van der Waals surface area contributed by atoms with E-state index in [4.69, 9.17) is 9.47 Å². The second-order valence-electron chi connectivity index (χ2n) is 6.61. The Morgan fingerprint density at radius 3 is 2.41 bits per heavy atom. The molecule has 150 valence electrons. The first-order valence-corrected chi connectivity index (χ1v) is 10.6. The van der Waals surface area contributed by atoms with E-state index in [0.29, 0.717) is 11.5 Å². The molecular formula is C21H19NO5S2. The standard InChI is InChI=1S/C21H19NO5S2/c1-26-13-9-8-12(10-14(13)27-2)15-16(20(23)24)17(11-6-4-3-5-7-11)28-19-18(15)29-21(25)22-19/h3-10,15-17H,1-2H3,(H,22,25)(H,23,24)/t15-,16-,17+/m0/s1. The molecule has 8 heteroatoms. The summed E-state index contributed by atoms with van der Waals surface area (Å²) in [5.41, 5.74) is 1.68. The van der Waals surface area contributed by atoms with Crippen molar-refractivity contribution in [1.29, 1.82) is 0 Å². The second kappa shape index (κ2) is 7.96. The van der Waals surface area contributed by atoms with Gasteiger partial charge in [-0.1, -0.05) is 59.5 Å². The van der Waals surface area contributed by atoms with Crippen LogP contribution in [0.3, 0.4) is 0 Å². The summed E-state index contributed by atoms with van der Waals surface area (Å²) in [6.45, 7) is 0. The lowest BCUT2D eigenvalue weighted by Gasteiger charge is -2.35. The number of aliphatic carboxylic acids is 1. The van der Waals surface area contributed by atoms with E-state index in [1.807, 2.05) is 36.4 Å². The van der Waals surface area contributed by atoms with Gasteiger partial charge >= 0.3 is 10.8 Å². The molecule has 0 radical (unpaired) electrons. The number of aromatic amines is 1. The van der Waals surface area contributed by atoms with E-state index in [0.717, 1.165) is 32.4 Å². The van der Waals surface area contributed by atoms with Gasteiger partial charge in [-0.05, 0) is 23.3 Å². The lowest BCUT2D eigenvalue weighted by Crippen LogP contribution is -2.30. The van der Waals surface area contributed by atoms with Crippen molar-refractivity contribution < 1.29 is 19.4 Å². The minimum absolute atomic E-state index is 0.189. The molecular weight excluding hydrogens is 410 g/mol. The van der Waals surface area contributed by atoms with Gasteiger partial charge in [0, 0.05) is 10.8 Å². The molecule has 2 N–H and O–H groups in total. The second-order valence-corrected chi connectivity index (χ2v) is 8.78. The minimum atomic E-state index is -0.905. The Balaban J connectivity index is 1.91. The summed E-state index contributed by atoms with van der Waals surface area (Å²) in [5, 5.41) is 10.6. The maximum Gasteiger partial charge on any atom is 0.308 e. The van der Waals surface area contributed by atoms with Crippen LogP contribution in [-0.4, -0.2) is 30.3 Å². The molecule has 4 rings (SSSR count). The average Bonchev–Trinajstić information content (AvgIpc) is 3.12. The molecule has 0 amide bonds. The van der Waals surface area contributed by atoms with Crippen LogP contribution < -0.4 is 14.3 Å². The molecule has 3 aromatic rings. The van der Waals surface area contributed by atoms with Gasteiger partial charge in [0.2, 0.25) is 0 Å². The molecule has 2 aromatic carbocycles. The molecule has 1 aliphatic rings. The summed E-state index contributed by atoms with van der Waals surface area (Å²) in [6.07, 6.45) is 0. The van der Waals surface area contributed by atoms with Crippen LogP contribution in [0.15, 0.2) is 58.4 Å². The number of carbonyl (C=O) groups is 1. The first kappa shape index (κ1) is 19.6. The normalized spacial score (nSPS) is 20.7. The Morgan fingerprint density at radius 2 is 1.76 bits per heavy atom. The van der Waals surface area contributed by atoms with Crippen LogP contribution in [0.2, 0.25) is 0 Å². The van der Waals surface area contributed by atoms with Gasteiger partial charge in [-0.2, -0.15) is 0 Å². The van der Waals surface area contributed by atoms with E-state index >= 15 is 0 Å². The van der Waals surface area contributed by atoms with Crippen LogP contribution in [0.4, 0.5) is 0 Å². The van der Waals surface area contributed by atoms with Gasteiger partial charge in [0.15, 0.2) is 11.5 Å². The zero-order chi connectivity index (χ0) is 20.5. The number of hydrogen-bond acceptors (Lipinski definition) is 6. The van der Waals surface area contributed by atoms with Crippen LogP contribution in [0.1, 0.15) is 27.2 Å². The molecule has 2 heterocycles. The highest BCUT2D eigenvalue weighted by atomic mass is 32.2. The third kappa shape index (κ3) is 3.54. The number of H-pyrrole nitrogens is 1. The summed E-state index contributed by atoms with van der Waals surface area (Å²) in [5.74, 6) is -1.06. The molecule has 0 aliphatic carbocycles. The highest BCUT2D eigenvalue weighted by molar-refractivity contribution is 7.99. The maximum atomic E-state index is 12.5. The van der Waals surface area contributed by atoms with Crippen LogP contribution in [0.25, 0.3) is 0 Å². The molecule has 0 bridgehead atoms. The molecule has 3 atom stereocenters. The summed E-state index contributed by atoms with van der Waals surface area (Å²) in [6, 6.07) is 14.9. The first-order valence-electron chi connectivity index (χ1n) is 8.92. The number of methoxy groups -OCH3 is 2. The van der Waals surface area contributed by atoms with Gasteiger partial charge < -0.3 is 19.6 Å². The lowest BCUT2D eigenvalue weighted by molar-refractivity contribution is -0.142. The highest BCUT2D eigenvalue weighted by Crippen LogP contribution is 2.56. The number of rotatable bonds is 5. The van der Waals surface area contributed by atoms with Crippen LogP contribution in [0.5, 0.6) is 11.5 Å². The van der Waals surface area contributed by atoms with E-state index < -0.39 is 17.8 Å². The molecule has 1 aliphatic heterocycles. The van der Waals surface area contributed by atoms with E-state index in [9.17, 15) is 14.7 Å². The largest absolute Gasteiger partial charge is 0.493 e. The SMILES string of the molecule is COc1ccc([C@@H]2c3sc(=O)[nH]c3S[C@H](c3ccccc3)[C@H]2C(=O)O)cc1OC. The van der Waals surface area contributed by atoms with Gasteiger partial charge in [0.25, 0.3) is 0 Å². The molecule has 0 unspecified atom stereocenters. The van der Waals surface area contributed by atoms with Crippen molar-refractivity contribution in [2.75, 3.05) is 14.2 Å². The number of thioether (sulfide) groups is 1. The van der Waals surface area contributed by atoms with Gasteiger partial charge in [-0.15, -0.1) is 0 Å². The molecule has 0 fully saturated rings. The summed E-state index contributed by atoms with van der Waals surface area (Å²) in [4.78, 5) is 28.0. The molecule has 0 spiro atoms. The zero-order valence-electron chi connectivity index (χ0n) is 15.7. The summed E-state index contributed by atoms with van der Waals surface area (Å²) >= 11 is 2.47. The Labute approximate surface area is 175 Å². The number of carboxylic acid groups (broad SMARTS) is 1. The Morgan fingerprint density at radius 1 is 1.03 bits per heavy atom. The quantitative estimate of drug-likeness (QED) is 0.634. The first-order chi connectivity index (χ1) is 14.0. The van der Waals surface area contributed by atoms with Crippen LogP contribution >= 0.6 is 23.1 Å². The van der Waals surface area contributed by atoms with E-state index in [-0.39, 0.29) is 10.1 Å². The smallest absolute Gasteiger partial charge is 0.308 e. The summed E-state index contributed by atoms with van der Waals surface area (Å²) < 4.78 is 10.7. The van der Waals surface area contributed by atoms with Gasteiger partial charge in [-0.3, -0.25) is 9.59 Å². The zero-order valence-corrected chi connectivity index (χ0v) is 17.4. The van der Waals surface area contributed by atoms with Gasteiger partial charge in [0.1, 0.15) is 0 Å². The predicted molar refractivity (Wildman–Crippen MR) is 112 cm³/mol. The number of aromatic nitrogens is 1. The monoisotopic (exact) mass is 429 g/mol. The van der Waals surface area contributed by atoms with E-state index in [2.05, 4.69) is 4.98 Å². The van der Waals surface area contributed by atoms with Crippen molar-refractivity contribution in [3.8, 4) is 11.5 Å². The number of benzene rings is 2. The van der Waals surface area contributed by atoms with E-state index in [1.54, 1.807) is 26.4 Å². The Hall–Kier alpha value is -2.71. The van der Waals surface area contributed by atoms with Crippen molar-refractivity contribution in [3.05, 3.63) is 74.2 Å². The number of hydrogen-bond donors (Lipinski definition) is 2. The van der Waals surface area contributed by atoms with Crippen LogP contribution in [-0.2, 0) is 4.79 Å². The van der Waals surface area contributed by atoms with Crippen molar-refractivity contribution in [2.24, 2.45) is 5.92 Å². The number of nitrogens with one attached hydrogen (secondary N) is 1. The lowest BCUT2D eigenvalue weighted by atomic mass is 9.80. The third-order valence-corrected chi connectivity index (χ3v) is 7.51. The summed E-state index contributed by atoms with van der Waals surface area (Å²) in [7, 11) is 3.09. The fourth-order valence-electron chi connectivity index (χ4n) is 3.75.